The SMILES string of the molecule is CNC1CCN(CCCn2cccn2)C1. The van der Waals surface area contributed by atoms with E-state index >= 15 is 0 Å². The lowest BCUT2D eigenvalue weighted by atomic mass is 10.3. The Bertz CT molecular complexity index is 270. The number of nitrogens with zero attached hydrogens (tertiary/aromatic N) is 3. The van der Waals surface area contributed by atoms with E-state index in [0.717, 1.165) is 6.54 Å². The fourth-order valence-corrected chi connectivity index (χ4v) is 2.16. The molecule has 4 nitrogen and oxygen atoms in total. The van der Waals surface area contributed by atoms with Gasteiger partial charge in [0.15, 0.2) is 0 Å². The van der Waals surface area contributed by atoms with Crippen molar-refractivity contribution in [3.8, 4) is 0 Å². The van der Waals surface area contributed by atoms with Crippen molar-refractivity contribution in [2.24, 2.45) is 0 Å². The summed E-state index contributed by atoms with van der Waals surface area (Å²) in [6.07, 6.45) is 6.35. The van der Waals surface area contributed by atoms with Crippen LogP contribution in [0.25, 0.3) is 0 Å². The molecule has 1 aromatic rings. The average Bonchev–Trinajstić information content (AvgIpc) is 2.88. The van der Waals surface area contributed by atoms with Crippen molar-refractivity contribution in [1.29, 1.82) is 0 Å². The van der Waals surface area contributed by atoms with E-state index in [-0.39, 0.29) is 0 Å². The van der Waals surface area contributed by atoms with Gasteiger partial charge in [0.05, 0.1) is 0 Å². The molecule has 2 heterocycles. The van der Waals surface area contributed by atoms with Crippen LogP contribution in [0.5, 0.6) is 0 Å². The zero-order chi connectivity index (χ0) is 10.5. The molecule has 84 valence electrons. The molecule has 0 aliphatic carbocycles. The van der Waals surface area contributed by atoms with Crippen molar-refractivity contribution in [2.45, 2.75) is 25.4 Å². The van der Waals surface area contributed by atoms with Crippen LogP contribution in [-0.4, -0.2) is 47.4 Å². The lowest BCUT2D eigenvalue weighted by Crippen LogP contribution is -2.30. The summed E-state index contributed by atoms with van der Waals surface area (Å²) >= 11 is 0. The van der Waals surface area contributed by atoms with E-state index in [0.29, 0.717) is 6.04 Å². The maximum atomic E-state index is 4.20. The van der Waals surface area contributed by atoms with Crippen molar-refractivity contribution < 1.29 is 0 Å². The smallest absolute Gasteiger partial charge is 0.0489 e. The highest BCUT2D eigenvalue weighted by Crippen LogP contribution is 2.08. The van der Waals surface area contributed by atoms with E-state index in [1.807, 2.05) is 23.1 Å². The molecular weight excluding hydrogens is 188 g/mol. The minimum absolute atomic E-state index is 0.703. The third-order valence-electron chi connectivity index (χ3n) is 3.10. The lowest BCUT2D eigenvalue weighted by molar-refractivity contribution is 0.314. The fraction of sp³-hybridized carbons (Fsp3) is 0.727. The molecule has 0 saturated carbocycles. The predicted octanol–water partition coefficient (Wildman–Crippen LogP) is 0.567. The molecule has 0 aromatic carbocycles. The maximum Gasteiger partial charge on any atom is 0.0489 e. The zero-order valence-electron chi connectivity index (χ0n) is 9.39. The van der Waals surface area contributed by atoms with Crippen molar-refractivity contribution in [2.75, 3.05) is 26.7 Å². The highest BCUT2D eigenvalue weighted by Gasteiger charge is 2.19. The highest BCUT2D eigenvalue weighted by atomic mass is 15.3. The standard InChI is InChI=1S/C11H20N4/c1-12-11-4-9-14(10-11)6-3-8-15-7-2-5-13-15/h2,5,7,11-12H,3-4,6,8-10H2,1H3. The van der Waals surface area contributed by atoms with Crippen LogP contribution >= 0.6 is 0 Å². The zero-order valence-corrected chi connectivity index (χ0v) is 9.39. The molecule has 1 unspecified atom stereocenters. The number of nitrogens with one attached hydrogen (secondary N) is 1. The Morgan fingerprint density at radius 1 is 1.47 bits per heavy atom. The molecule has 1 saturated heterocycles. The minimum atomic E-state index is 0.703. The van der Waals surface area contributed by atoms with Gasteiger partial charge in [0, 0.05) is 31.5 Å². The van der Waals surface area contributed by atoms with Crippen molar-refractivity contribution in [1.82, 2.24) is 20.0 Å². The van der Waals surface area contributed by atoms with Gasteiger partial charge in [-0.1, -0.05) is 0 Å². The summed E-state index contributed by atoms with van der Waals surface area (Å²) in [5.74, 6) is 0. The van der Waals surface area contributed by atoms with Gasteiger partial charge in [-0.15, -0.1) is 0 Å². The van der Waals surface area contributed by atoms with Gasteiger partial charge in [-0.3, -0.25) is 4.68 Å². The summed E-state index contributed by atoms with van der Waals surface area (Å²) in [7, 11) is 2.05. The number of aryl methyl sites for hydroxylation is 1. The Morgan fingerprint density at radius 3 is 3.07 bits per heavy atom. The molecule has 15 heavy (non-hydrogen) atoms. The molecule has 4 heteroatoms. The Morgan fingerprint density at radius 2 is 2.40 bits per heavy atom. The van der Waals surface area contributed by atoms with Gasteiger partial charge in [0.2, 0.25) is 0 Å². The first-order valence-electron chi connectivity index (χ1n) is 5.75. The summed E-state index contributed by atoms with van der Waals surface area (Å²) in [6.45, 7) is 4.67. The molecule has 1 fully saturated rings. The first-order valence-corrected chi connectivity index (χ1v) is 5.75. The number of aromatic nitrogens is 2. The second-order valence-electron chi connectivity index (χ2n) is 4.20. The van der Waals surface area contributed by atoms with Crippen LogP contribution in [0.1, 0.15) is 12.8 Å². The Balaban J connectivity index is 1.63. The highest BCUT2D eigenvalue weighted by molar-refractivity contribution is 4.80. The molecule has 1 aliphatic heterocycles. The molecular formula is C11H20N4. The average molecular weight is 208 g/mol. The molecule has 0 bridgehead atoms. The van der Waals surface area contributed by atoms with Crippen LogP contribution < -0.4 is 5.32 Å². The van der Waals surface area contributed by atoms with Gasteiger partial charge >= 0.3 is 0 Å². The molecule has 1 aliphatic rings. The summed E-state index contributed by atoms with van der Waals surface area (Å²) < 4.78 is 2.01. The van der Waals surface area contributed by atoms with Gasteiger partial charge in [-0.2, -0.15) is 5.10 Å². The lowest BCUT2D eigenvalue weighted by Gasteiger charge is -2.15. The van der Waals surface area contributed by atoms with E-state index in [4.69, 9.17) is 0 Å². The van der Waals surface area contributed by atoms with Crippen LogP contribution in [0.4, 0.5) is 0 Å². The maximum absolute atomic E-state index is 4.20. The Hall–Kier alpha value is -0.870. The number of hydrogen-bond donors (Lipinski definition) is 1. The number of likely N-dealkylation sites (N-methyl/N-ethyl adjacent to an activating group) is 1. The van der Waals surface area contributed by atoms with Gasteiger partial charge < -0.3 is 10.2 Å². The van der Waals surface area contributed by atoms with E-state index in [9.17, 15) is 0 Å². The molecule has 2 rings (SSSR count). The van der Waals surface area contributed by atoms with E-state index in [1.165, 1.54) is 32.5 Å². The summed E-state index contributed by atoms with van der Waals surface area (Å²) in [5.41, 5.74) is 0. The molecule has 0 spiro atoms. The topological polar surface area (TPSA) is 33.1 Å². The van der Waals surface area contributed by atoms with Crippen molar-refractivity contribution >= 4 is 0 Å². The first kappa shape index (κ1) is 10.6. The Kier molecular flexibility index (Phi) is 3.75. The van der Waals surface area contributed by atoms with Crippen molar-refractivity contribution in [3.63, 3.8) is 0 Å². The second kappa shape index (κ2) is 5.28. The predicted molar refractivity (Wildman–Crippen MR) is 60.7 cm³/mol. The van der Waals surface area contributed by atoms with Crippen LogP contribution in [0.2, 0.25) is 0 Å². The summed E-state index contributed by atoms with van der Waals surface area (Å²) in [5, 5.41) is 7.54. The quantitative estimate of drug-likeness (QED) is 0.768. The van der Waals surface area contributed by atoms with E-state index in [2.05, 4.69) is 22.4 Å². The van der Waals surface area contributed by atoms with Crippen molar-refractivity contribution in [3.05, 3.63) is 18.5 Å². The van der Waals surface area contributed by atoms with Gasteiger partial charge in [-0.05, 0) is 39.0 Å². The molecule has 1 atom stereocenters. The minimum Gasteiger partial charge on any atom is -0.316 e. The third kappa shape index (κ3) is 3.04. The normalized spacial score (nSPS) is 22.3. The largest absolute Gasteiger partial charge is 0.316 e. The summed E-state index contributed by atoms with van der Waals surface area (Å²) in [6, 6.07) is 2.68. The second-order valence-corrected chi connectivity index (χ2v) is 4.20. The molecule has 0 radical (unpaired) electrons. The van der Waals surface area contributed by atoms with E-state index in [1.54, 1.807) is 0 Å². The summed E-state index contributed by atoms with van der Waals surface area (Å²) in [4.78, 5) is 2.53. The number of rotatable bonds is 5. The van der Waals surface area contributed by atoms with E-state index < -0.39 is 0 Å². The number of likely N-dealkylation sites (tertiary alicyclic amines) is 1. The van der Waals surface area contributed by atoms with Crippen LogP contribution in [0.15, 0.2) is 18.5 Å². The van der Waals surface area contributed by atoms with Gasteiger partial charge in [-0.25, -0.2) is 0 Å². The van der Waals surface area contributed by atoms with Crippen LogP contribution in [0.3, 0.4) is 0 Å². The monoisotopic (exact) mass is 208 g/mol. The molecule has 0 amide bonds. The first-order chi connectivity index (χ1) is 7.38. The van der Waals surface area contributed by atoms with Gasteiger partial charge in [0.1, 0.15) is 0 Å². The van der Waals surface area contributed by atoms with Crippen LogP contribution in [-0.2, 0) is 6.54 Å². The molecule has 1 N–H and O–H groups in total. The van der Waals surface area contributed by atoms with Crippen LogP contribution in [0, 0.1) is 0 Å². The third-order valence-corrected chi connectivity index (χ3v) is 3.10. The Labute approximate surface area is 91.3 Å². The fourth-order valence-electron chi connectivity index (χ4n) is 2.16. The van der Waals surface area contributed by atoms with Gasteiger partial charge in [0.25, 0.3) is 0 Å². The molecule has 1 aromatic heterocycles. The number of hydrogen-bond acceptors (Lipinski definition) is 3.